The van der Waals surface area contributed by atoms with Gasteiger partial charge in [-0.05, 0) is 47.8 Å². The fraction of sp³-hybridized carbons (Fsp3) is 0.333. The standard InChI is InChI=1S/C15H14BrF2NO3/c1-2-22-15(21)10(7-19-8-3-4-8)14(20)9-5-13(18)11(16)6-12(9)17/h5-8,20H,2-4H2,1H3. The summed E-state index contributed by atoms with van der Waals surface area (Å²) in [5.74, 6) is -3.17. The number of hydrogen-bond acceptors (Lipinski definition) is 4. The zero-order valence-corrected chi connectivity index (χ0v) is 13.4. The molecular formula is C15H14BrF2NO3. The molecule has 0 atom stereocenters. The number of esters is 1. The Hall–Kier alpha value is -1.76. The van der Waals surface area contributed by atoms with Gasteiger partial charge in [0.15, 0.2) is 0 Å². The van der Waals surface area contributed by atoms with E-state index in [2.05, 4.69) is 20.9 Å². The van der Waals surface area contributed by atoms with Gasteiger partial charge in [-0.2, -0.15) is 0 Å². The quantitative estimate of drug-likeness (QED) is 0.281. The van der Waals surface area contributed by atoms with E-state index in [1.807, 2.05) is 0 Å². The summed E-state index contributed by atoms with van der Waals surface area (Å²) in [5, 5.41) is 10.2. The number of aliphatic imine (C=N–C) groups is 1. The second-order valence-electron chi connectivity index (χ2n) is 4.74. The Morgan fingerprint density at radius 1 is 1.45 bits per heavy atom. The summed E-state index contributed by atoms with van der Waals surface area (Å²) >= 11 is 2.85. The minimum atomic E-state index is -0.868. The molecule has 0 aromatic heterocycles. The van der Waals surface area contributed by atoms with Crippen molar-refractivity contribution in [3.05, 3.63) is 39.4 Å². The van der Waals surface area contributed by atoms with Crippen molar-refractivity contribution in [3.63, 3.8) is 0 Å². The molecule has 0 unspecified atom stereocenters. The average Bonchev–Trinajstić information content (AvgIpc) is 3.27. The fourth-order valence-electron chi connectivity index (χ4n) is 1.67. The van der Waals surface area contributed by atoms with Crippen LogP contribution in [0.15, 0.2) is 27.2 Å². The molecule has 118 valence electrons. The van der Waals surface area contributed by atoms with Crippen LogP contribution in [0.4, 0.5) is 8.78 Å². The summed E-state index contributed by atoms with van der Waals surface area (Å²) < 4.78 is 32.2. The van der Waals surface area contributed by atoms with Crippen molar-refractivity contribution in [1.82, 2.24) is 0 Å². The first kappa shape index (κ1) is 16.6. The SMILES string of the molecule is CCOC(=O)C(C=NC1CC1)=C(O)c1cc(F)c(Br)cc1F. The largest absolute Gasteiger partial charge is 0.506 e. The molecule has 22 heavy (non-hydrogen) atoms. The average molecular weight is 374 g/mol. The molecule has 0 heterocycles. The van der Waals surface area contributed by atoms with Gasteiger partial charge in [0.05, 0.1) is 22.7 Å². The van der Waals surface area contributed by atoms with E-state index in [1.165, 1.54) is 0 Å². The first-order valence-corrected chi connectivity index (χ1v) is 7.51. The molecule has 0 aliphatic heterocycles. The summed E-state index contributed by atoms with van der Waals surface area (Å²) in [4.78, 5) is 16.0. The van der Waals surface area contributed by atoms with E-state index in [1.54, 1.807) is 6.92 Å². The Bertz CT molecular complexity index is 654. The highest BCUT2D eigenvalue weighted by Crippen LogP contribution is 2.27. The lowest BCUT2D eigenvalue weighted by Gasteiger charge is -2.08. The molecule has 0 bridgehead atoms. The van der Waals surface area contributed by atoms with Crippen LogP contribution in [-0.2, 0) is 9.53 Å². The Morgan fingerprint density at radius 3 is 2.73 bits per heavy atom. The van der Waals surface area contributed by atoms with Crippen LogP contribution in [0.2, 0.25) is 0 Å². The Balaban J connectivity index is 2.47. The first-order valence-electron chi connectivity index (χ1n) is 6.72. The third kappa shape index (κ3) is 3.91. The zero-order chi connectivity index (χ0) is 16.3. The van der Waals surface area contributed by atoms with E-state index in [9.17, 15) is 18.7 Å². The van der Waals surface area contributed by atoms with Crippen LogP contribution in [0.5, 0.6) is 0 Å². The molecule has 0 amide bonds. The lowest BCUT2D eigenvalue weighted by Crippen LogP contribution is -2.12. The number of carbonyl (C=O) groups is 1. The highest BCUT2D eigenvalue weighted by Gasteiger charge is 2.23. The van der Waals surface area contributed by atoms with Crippen molar-refractivity contribution in [3.8, 4) is 0 Å². The van der Waals surface area contributed by atoms with Crippen LogP contribution in [0.1, 0.15) is 25.3 Å². The highest BCUT2D eigenvalue weighted by atomic mass is 79.9. The molecule has 0 radical (unpaired) electrons. The van der Waals surface area contributed by atoms with Crippen LogP contribution in [0.3, 0.4) is 0 Å². The topological polar surface area (TPSA) is 58.9 Å². The molecule has 1 aromatic rings. The van der Waals surface area contributed by atoms with Crippen molar-refractivity contribution in [2.24, 2.45) is 4.99 Å². The smallest absolute Gasteiger partial charge is 0.343 e. The molecule has 1 aromatic carbocycles. The van der Waals surface area contributed by atoms with E-state index >= 15 is 0 Å². The number of benzene rings is 1. The van der Waals surface area contributed by atoms with Gasteiger partial charge in [0.2, 0.25) is 0 Å². The molecule has 4 nitrogen and oxygen atoms in total. The van der Waals surface area contributed by atoms with Crippen molar-refractivity contribution >= 4 is 33.9 Å². The predicted molar refractivity (Wildman–Crippen MR) is 81.8 cm³/mol. The van der Waals surface area contributed by atoms with Crippen LogP contribution in [0, 0.1) is 11.6 Å². The van der Waals surface area contributed by atoms with Crippen molar-refractivity contribution in [2.75, 3.05) is 6.61 Å². The van der Waals surface area contributed by atoms with Gasteiger partial charge in [-0.3, -0.25) is 4.99 Å². The van der Waals surface area contributed by atoms with Crippen LogP contribution >= 0.6 is 15.9 Å². The van der Waals surface area contributed by atoms with Gasteiger partial charge in [-0.1, -0.05) is 0 Å². The van der Waals surface area contributed by atoms with Gasteiger partial charge in [-0.15, -0.1) is 0 Å². The minimum Gasteiger partial charge on any atom is -0.506 e. The molecule has 1 saturated carbocycles. The summed E-state index contributed by atoms with van der Waals surface area (Å²) in [7, 11) is 0. The first-order chi connectivity index (χ1) is 10.4. The fourth-order valence-corrected chi connectivity index (χ4v) is 1.99. The molecule has 7 heteroatoms. The Labute approximate surface area is 134 Å². The number of carbonyl (C=O) groups excluding carboxylic acids is 1. The molecule has 0 saturated heterocycles. The van der Waals surface area contributed by atoms with Crippen LogP contribution < -0.4 is 0 Å². The number of aliphatic hydroxyl groups is 1. The van der Waals surface area contributed by atoms with E-state index in [0.717, 1.165) is 31.2 Å². The monoisotopic (exact) mass is 373 g/mol. The maximum atomic E-state index is 13.9. The lowest BCUT2D eigenvalue weighted by molar-refractivity contribution is -0.137. The van der Waals surface area contributed by atoms with Crippen LogP contribution in [-0.4, -0.2) is 29.9 Å². The van der Waals surface area contributed by atoms with Gasteiger partial charge >= 0.3 is 5.97 Å². The van der Waals surface area contributed by atoms with Crippen molar-refractivity contribution in [1.29, 1.82) is 0 Å². The minimum absolute atomic E-state index is 0.0779. The predicted octanol–water partition coefficient (Wildman–Crippen LogP) is 3.79. The molecule has 1 N–H and O–H groups in total. The molecular weight excluding hydrogens is 360 g/mol. The van der Waals surface area contributed by atoms with Crippen molar-refractivity contribution in [2.45, 2.75) is 25.8 Å². The molecule has 2 rings (SSSR count). The number of halogens is 3. The number of rotatable bonds is 5. The van der Waals surface area contributed by atoms with E-state index in [4.69, 9.17) is 4.74 Å². The Morgan fingerprint density at radius 2 is 2.14 bits per heavy atom. The third-order valence-electron chi connectivity index (χ3n) is 2.98. The number of ether oxygens (including phenoxy) is 1. The van der Waals surface area contributed by atoms with Crippen LogP contribution in [0.25, 0.3) is 5.76 Å². The molecule has 1 fully saturated rings. The van der Waals surface area contributed by atoms with E-state index in [-0.39, 0.29) is 22.7 Å². The molecule has 1 aliphatic carbocycles. The number of hydrogen-bond donors (Lipinski definition) is 1. The summed E-state index contributed by atoms with van der Waals surface area (Å²) in [5.41, 5.74) is -0.722. The maximum Gasteiger partial charge on any atom is 0.343 e. The van der Waals surface area contributed by atoms with Gasteiger partial charge in [0.25, 0.3) is 0 Å². The lowest BCUT2D eigenvalue weighted by atomic mass is 10.1. The number of aliphatic hydroxyl groups excluding tert-OH is 1. The normalized spacial score (nSPS) is 15.8. The van der Waals surface area contributed by atoms with Gasteiger partial charge < -0.3 is 9.84 Å². The van der Waals surface area contributed by atoms with E-state index < -0.39 is 28.9 Å². The molecule has 0 spiro atoms. The summed E-state index contributed by atoms with van der Waals surface area (Å²) in [6.07, 6.45) is 2.95. The Kier molecular flexibility index (Phi) is 5.28. The maximum absolute atomic E-state index is 13.9. The highest BCUT2D eigenvalue weighted by molar-refractivity contribution is 9.10. The van der Waals surface area contributed by atoms with Crippen molar-refractivity contribution < 1.29 is 23.4 Å². The van der Waals surface area contributed by atoms with Gasteiger partial charge in [0.1, 0.15) is 23.0 Å². The summed E-state index contributed by atoms with van der Waals surface area (Å²) in [6, 6.07) is 1.78. The zero-order valence-electron chi connectivity index (χ0n) is 11.8. The molecule has 1 aliphatic rings. The second kappa shape index (κ2) is 7.00. The van der Waals surface area contributed by atoms with Gasteiger partial charge in [0, 0.05) is 6.21 Å². The van der Waals surface area contributed by atoms with E-state index in [0.29, 0.717) is 0 Å². The summed E-state index contributed by atoms with van der Waals surface area (Å²) in [6.45, 7) is 1.69. The third-order valence-corrected chi connectivity index (χ3v) is 3.58. The second-order valence-corrected chi connectivity index (χ2v) is 5.59. The number of nitrogens with zero attached hydrogens (tertiary/aromatic N) is 1. The van der Waals surface area contributed by atoms with Gasteiger partial charge in [-0.25, -0.2) is 13.6 Å².